The molecule has 2 atom stereocenters. The van der Waals surface area contributed by atoms with E-state index in [-0.39, 0.29) is 18.1 Å². The zero-order chi connectivity index (χ0) is 18.1. The van der Waals surface area contributed by atoms with Gasteiger partial charge in [0.15, 0.2) is 0 Å². The highest BCUT2D eigenvalue weighted by atomic mass is 79.9. The number of benzene rings is 2. The Hall–Kier alpha value is -1.57. The van der Waals surface area contributed by atoms with Crippen molar-refractivity contribution in [2.75, 3.05) is 0 Å². The van der Waals surface area contributed by atoms with Crippen LogP contribution in [0.5, 0.6) is 5.75 Å². The van der Waals surface area contributed by atoms with Gasteiger partial charge >= 0.3 is 0 Å². The number of hydrogen-bond acceptors (Lipinski definition) is 3. The van der Waals surface area contributed by atoms with Crippen molar-refractivity contribution in [3.63, 3.8) is 0 Å². The number of carbonyl (C=O) groups is 2. The van der Waals surface area contributed by atoms with Gasteiger partial charge in [0.2, 0.25) is 5.91 Å². The third-order valence-electron chi connectivity index (χ3n) is 3.86. The fourth-order valence-electron chi connectivity index (χ4n) is 2.64. The predicted octanol–water partition coefficient (Wildman–Crippen LogP) is 3.68. The summed E-state index contributed by atoms with van der Waals surface area (Å²) >= 11 is 12.7. The van der Waals surface area contributed by atoms with Crippen molar-refractivity contribution in [3.05, 3.63) is 62.5 Å². The van der Waals surface area contributed by atoms with Gasteiger partial charge in [0.05, 0.1) is 10.9 Å². The SMILES string of the molecule is O=C(Cc1ccccc1)NN1C(=O)[C@@H](Cl)[C@H]1c1cc(Br)cc(Br)c1O. The Labute approximate surface area is 166 Å². The lowest BCUT2D eigenvalue weighted by Crippen LogP contribution is -2.63. The molecule has 130 valence electrons. The van der Waals surface area contributed by atoms with Crippen LogP contribution < -0.4 is 5.43 Å². The van der Waals surface area contributed by atoms with E-state index in [1.54, 1.807) is 12.1 Å². The Kier molecular flexibility index (Phi) is 5.36. The summed E-state index contributed by atoms with van der Waals surface area (Å²) in [6, 6.07) is 11.9. The van der Waals surface area contributed by atoms with Crippen molar-refractivity contribution < 1.29 is 14.7 Å². The highest BCUT2D eigenvalue weighted by Gasteiger charge is 2.49. The quantitative estimate of drug-likeness (QED) is 0.510. The smallest absolute Gasteiger partial charge is 0.262 e. The molecule has 8 heteroatoms. The van der Waals surface area contributed by atoms with Crippen molar-refractivity contribution in [1.29, 1.82) is 0 Å². The van der Waals surface area contributed by atoms with Crippen LogP contribution in [-0.4, -0.2) is 27.3 Å². The monoisotopic (exact) mass is 486 g/mol. The minimum absolute atomic E-state index is 0.0198. The number of aromatic hydroxyl groups is 1. The van der Waals surface area contributed by atoms with Gasteiger partial charge in [-0.3, -0.25) is 15.0 Å². The zero-order valence-corrected chi connectivity index (χ0v) is 16.7. The van der Waals surface area contributed by atoms with Gasteiger partial charge in [-0.05, 0) is 33.6 Å². The fourth-order valence-corrected chi connectivity index (χ4v) is 4.25. The Morgan fingerprint density at radius 3 is 2.60 bits per heavy atom. The minimum Gasteiger partial charge on any atom is -0.506 e. The Morgan fingerprint density at radius 1 is 1.24 bits per heavy atom. The van der Waals surface area contributed by atoms with Crippen molar-refractivity contribution in [1.82, 2.24) is 10.4 Å². The predicted molar refractivity (Wildman–Crippen MR) is 101 cm³/mol. The topological polar surface area (TPSA) is 69.6 Å². The van der Waals surface area contributed by atoms with Gasteiger partial charge in [-0.25, -0.2) is 5.01 Å². The van der Waals surface area contributed by atoms with E-state index in [0.29, 0.717) is 14.5 Å². The summed E-state index contributed by atoms with van der Waals surface area (Å²) in [5.74, 6) is -0.765. The summed E-state index contributed by atoms with van der Waals surface area (Å²) in [7, 11) is 0. The molecule has 0 radical (unpaired) electrons. The van der Waals surface area contributed by atoms with Crippen molar-refractivity contribution in [2.24, 2.45) is 0 Å². The molecule has 0 unspecified atom stereocenters. The average molecular weight is 489 g/mol. The summed E-state index contributed by atoms with van der Waals surface area (Å²) in [6.45, 7) is 0. The lowest BCUT2D eigenvalue weighted by atomic mass is 9.94. The summed E-state index contributed by atoms with van der Waals surface area (Å²) in [5, 5.41) is 10.6. The number of β-lactam (4-membered cyclic amide) rings is 1. The van der Waals surface area contributed by atoms with E-state index in [4.69, 9.17) is 11.6 Å². The molecule has 1 aliphatic rings. The van der Waals surface area contributed by atoms with Crippen molar-refractivity contribution in [3.8, 4) is 5.75 Å². The standard InChI is InChI=1S/C17H13Br2ClN2O3/c18-10-7-11(16(24)12(19)8-10)15-14(20)17(25)22(15)21-13(23)6-9-4-2-1-3-5-9/h1-5,7-8,14-15,24H,6H2,(H,21,23)/t14-,15+/m0/s1. The van der Waals surface area contributed by atoms with Gasteiger partial charge in [-0.1, -0.05) is 46.3 Å². The average Bonchev–Trinajstić information content (AvgIpc) is 2.59. The van der Waals surface area contributed by atoms with Gasteiger partial charge in [0.1, 0.15) is 17.2 Å². The second-order valence-electron chi connectivity index (χ2n) is 5.58. The van der Waals surface area contributed by atoms with Crippen molar-refractivity contribution >= 4 is 55.3 Å². The van der Waals surface area contributed by atoms with E-state index in [0.717, 1.165) is 10.6 Å². The third-order valence-corrected chi connectivity index (χ3v) is 5.35. The minimum atomic E-state index is -0.857. The number of phenolic OH excluding ortho intramolecular Hbond substituents is 1. The van der Waals surface area contributed by atoms with Crippen LogP contribution >= 0.6 is 43.5 Å². The number of hydrazine groups is 1. The number of hydrogen-bond donors (Lipinski definition) is 2. The molecule has 2 aromatic carbocycles. The lowest BCUT2D eigenvalue weighted by Gasteiger charge is -2.44. The van der Waals surface area contributed by atoms with Crippen LogP contribution in [0.15, 0.2) is 51.4 Å². The normalized spacial score (nSPS) is 19.5. The molecule has 5 nitrogen and oxygen atoms in total. The molecule has 3 rings (SSSR count). The molecule has 0 bridgehead atoms. The molecular formula is C17H13Br2ClN2O3. The van der Waals surface area contributed by atoms with E-state index in [1.807, 2.05) is 30.3 Å². The third kappa shape index (κ3) is 3.68. The molecule has 0 aromatic heterocycles. The first kappa shape index (κ1) is 18.2. The van der Waals surface area contributed by atoms with Crippen LogP contribution in [0, 0.1) is 0 Å². The number of phenols is 1. The number of carbonyl (C=O) groups excluding carboxylic acids is 2. The fraction of sp³-hybridized carbons (Fsp3) is 0.176. The number of alkyl halides is 1. The largest absolute Gasteiger partial charge is 0.506 e. The van der Waals surface area contributed by atoms with Crippen LogP contribution in [0.4, 0.5) is 0 Å². The van der Waals surface area contributed by atoms with Crippen LogP contribution in [0.25, 0.3) is 0 Å². The van der Waals surface area contributed by atoms with Gasteiger partial charge in [0.25, 0.3) is 5.91 Å². The van der Waals surface area contributed by atoms with Crippen LogP contribution in [-0.2, 0) is 16.0 Å². The van der Waals surface area contributed by atoms with E-state index in [9.17, 15) is 14.7 Å². The zero-order valence-electron chi connectivity index (χ0n) is 12.7. The molecular weight excluding hydrogens is 475 g/mol. The molecule has 2 aromatic rings. The first-order chi connectivity index (χ1) is 11.9. The molecule has 2 N–H and O–H groups in total. The van der Waals surface area contributed by atoms with E-state index >= 15 is 0 Å². The highest BCUT2D eigenvalue weighted by molar-refractivity contribution is 9.11. The maximum Gasteiger partial charge on any atom is 0.262 e. The maximum absolute atomic E-state index is 12.2. The van der Waals surface area contributed by atoms with Crippen LogP contribution in [0.2, 0.25) is 0 Å². The number of nitrogens with zero attached hydrogens (tertiary/aromatic N) is 1. The van der Waals surface area contributed by atoms with E-state index < -0.39 is 17.3 Å². The Morgan fingerprint density at radius 2 is 1.92 bits per heavy atom. The van der Waals surface area contributed by atoms with E-state index in [1.165, 1.54) is 0 Å². The number of rotatable bonds is 4. The molecule has 25 heavy (non-hydrogen) atoms. The second-order valence-corrected chi connectivity index (χ2v) is 7.82. The Balaban J connectivity index is 1.79. The summed E-state index contributed by atoms with van der Waals surface area (Å²) in [5.41, 5.74) is 3.86. The maximum atomic E-state index is 12.2. The molecule has 2 amide bonds. The van der Waals surface area contributed by atoms with Gasteiger partial charge in [-0.15, -0.1) is 11.6 Å². The van der Waals surface area contributed by atoms with Crippen molar-refractivity contribution in [2.45, 2.75) is 17.8 Å². The van der Waals surface area contributed by atoms with Crippen LogP contribution in [0.3, 0.4) is 0 Å². The molecule has 1 aliphatic heterocycles. The lowest BCUT2D eigenvalue weighted by molar-refractivity contribution is -0.156. The van der Waals surface area contributed by atoms with Gasteiger partial charge in [-0.2, -0.15) is 0 Å². The van der Waals surface area contributed by atoms with Gasteiger partial charge in [0, 0.05) is 10.0 Å². The summed E-state index contributed by atoms with van der Waals surface area (Å²) < 4.78 is 1.18. The first-order valence-corrected chi connectivity index (χ1v) is 9.39. The number of amides is 2. The molecule has 0 saturated carbocycles. The molecule has 1 heterocycles. The molecule has 1 fully saturated rings. The van der Waals surface area contributed by atoms with Crippen LogP contribution in [0.1, 0.15) is 17.2 Å². The Bertz CT molecular complexity index is 832. The first-order valence-electron chi connectivity index (χ1n) is 7.37. The second kappa shape index (κ2) is 7.35. The number of halogens is 3. The van der Waals surface area contributed by atoms with E-state index in [2.05, 4.69) is 37.3 Å². The number of nitrogens with one attached hydrogen (secondary N) is 1. The summed E-state index contributed by atoms with van der Waals surface area (Å²) in [4.78, 5) is 24.3. The molecule has 1 saturated heterocycles. The van der Waals surface area contributed by atoms with Gasteiger partial charge < -0.3 is 5.11 Å². The molecule has 0 spiro atoms. The highest BCUT2D eigenvalue weighted by Crippen LogP contribution is 2.44. The molecule has 0 aliphatic carbocycles. The summed E-state index contributed by atoms with van der Waals surface area (Å²) in [6.07, 6.45) is 0.137.